The number of H-pyrrole nitrogens is 1. The molecule has 27 heavy (non-hydrogen) atoms. The van der Waals surface area contributed by atoms with Gasteiger partial charge in [0, 0.05) is 19.1 Å². The van der Waals surface area contributed by atoms with Crippen LogP contribution in [-0.4, -0.2) is 46.7 Å². The number of hydrogen-bond acceptors (Lipinski definition) is 5. The van der Waals surface area contributed by atoms with E-state index in [2.05, 4.69) is 16.8 Å². The van der Waals surface area contributed by atoms with Gasteiger partial charge in [0.25, 0.3) is 5.56 Å². The maximum Gasteiger partial charge on any atom is 0.337 e. The summed E-state index contributed by atoms with van der Waals surface area (Å²) in [7, 11) is 1.33. The number of piperidine rings is 1. The Morgan fingerprint density at radius 2 is 2.15 bits per heavy atom. The number of hydrogen-bond donors (Lipinski definition) is 1. The fourth-order valence-electron chi connectivity index (χ4n) is 3.95. The number of rotatable bonds is 6. The third-order valence-electron chi connectivity index (χ3n) is 5.45. The predicted octanol–water partition coefficient (Wildman–Crippen LogP) is 3.50. The number of fused-ring (bicyclic) bond motifs is 1. The van der Waals surface area contributed by atoms with Crippen LogP contribution < -0.4 is 5.56 Å². The minimum Gasteiger partial charge on any atom is -0.465 e. The van der Waals surface area contributed by atoms with Crippen molar-refractivity contribution in [2.45, 2.75) is 51.6 Å². The van der Waals surface area contributed by atoms with E-state index in [1.54, 1.807) is 22.8 Å². The Kier molecular flexibility index (Phi) is 6.44. The van der Waals surface area contributed by atoms with E-state index < -0.39 is 5.97 Å². The van der Waals surface area contributed by atoms with Crippen molar-refractivity contribution in [2.24, 2.45) is 0 Å². The van der Waals surface area contributed by atoms with Gasteiger partial charge in [-0.1, -0.05) is 13.3 Å². The van der Waals surface area contributed by atoms with Crippen molar-refractivity contribution in [2.75, 3.05) is 20.2 Å². The highest BCUT2D eigenvalue weighted by molar-refractivity contribution is 7.71. The highest BCUT2D eigenvalue weighted by Crippen LogP contribution is 2.19. The monoisotopic (exact) mass is 389 g/mol. The van der Waals surface area contributed by atoms with Gasteiger partial charge in [0.2, 0.25) is 0 Å². The molecular formula is C20H27N3O3S. The van der Waals surface area contributed by atoms with Gasteiger partial charge < -0.3 is 14.6 Å². The van der Waals surface area contributed by atoms with Crippen LogP contribution >= 0.6 is 12.2 Å². The van der Waals surface area contributed by atoms with Gasteiger partial charge in [0.05, 0.1) is 23.6 Å². The van der Waals surface area contributed by atoms with Gasteiger partial charge in [-0.25, -0.2) is 4.79 Å². The molecule has 1 fully saturated rings. The zero-order valence-corrected chi connectivity index (χ0v) is 16.8. The topological polar surface area (TPSA) is 67.3 Å². The maximum atomic E-state index is 12.8. The molecule has 3 rings (SSSR count). The number of esters is 1. The van der Waals surface area contributed by atoms with E-state index >= 15 is 0 Å². The first-order chi connectivity index (χ1) is 13.0. The normalized spacial score (nSPS) is 17.9. The van der Waals surface area contributed by atoms with Gasteiger partial charge in [0.15, 0.2) is 4.77 Å². The number of methoxy groups -OCH3 is 1. The quantitative estimate of drug-likeness (QED) is 0.605. The molecule has 1 aliphatic rings. The summed E-state index contributed by atoms with van der Waals surface area (Å²) in [6.45, 7) is 4.97. The molecule has 1 aromatic heterocycles. The summed E-state index contributed by atoms with van der Waals surface area (Å²) in [6, 6.07) is 5.54. The van der Waals surface area contributed by atoms with Crippen molar-refractivity contribution < 1.29 is 9.53 Å². The number of nitrogens with zero attached hydrogens (tertiary/aromatic N) is 2. The number of aromatic amines is 1. The average molecular weight is 390 g/mol. The molecule has 2 aromatic rings. The largest absolute Gasteiger partial charge is 0.465 e. The lowest BCUT2D eigenvalue weighted by atomic mass is 10.00. The molecule has 1 atom stereocenters. The molecule has 0 spiro atoms. The van der Waals surface area contributed by atoms with E-state index in [0.29, 0.717) is 33.8 Å². The lowest BCUT2D eigenvalue weighted by Crippen LogP contribution is -2.40. The van der Waals surface area contributed by atoms with Crippen molar-refractivity contribution in [1.82, 2.24) is 14.5 Å². The second kappa shape index (κ2) is 8.80. The summed E-state index contributed by atoms with van der Waals surface area (Å²) >= 11 is 5.40. The Hall–Kier alpha value is -1.99. The Morgan fingerprint density at radius 3 is 2.89 bits per heavy atom. The number of ether oxygens (including phenoxy) is 1. The van der Waals surface area contributed by atoms with Gasteiger partial charge in [0.1, 0.15) is 0 Å². The Balaban J connectivity index is 1.78. The molecule has 146 valence electrons. The summed E-state index contributed by atoms with van der Waals surface area (Å²) in [4.78, 5) is 30.2. The second-order valence-electron chi connectivity index (χ2n) is 7.09. The summed E-state index contributed by atoms with van der Waals surface area (Å²) in [5, 5.41) is 0.528. The van der Waals surface area contributed by atoms with Gasteiger partial charge in [-0.3, -0.25) is 9.36 Å². The van der Waals surface area contributed by atoms with E-state index in [9.17, 15) is 9.59 Å². The number of nitrogens with one attached hydrogen (secondary N) is 1. The van der Waals surface area contributed by atoms with Crippen LogP contribution in [0.15, 0.2) is 23.0 Å². The molecule has 0 amide bonds. The SMILES string of the molecule is CC[C@@H]1CCCCN1CCCn1c(=S)[nH]c2cc(C(=O)OC)ccc2c1=O. The first kappa shape index (κ1) is 19.8. The Morgan fingerprint density at radius 1 is 1.33 bits per heavy atom. The van der Waals surface area contributed by atoms with E-state index in [4.69, 9.17) is 17.0 Å². The Bertz CT molecular complexity index is 934. The van der Waals surface area contributed by atoms with Gasteiger partial charge in [-0.05, 0) is 62.6 Å². The zero-order valence-electron chi connectivity index (χ0n) is 16.0. The van der Waals surface area contributed by atoms with Crippen LogP contribution in [0.1, 0.15) is 49.4 Å². The smallest absolute Gasteiger partial charge is 0.337 e. The lowest BCUT2D eigenvalue weighted by Gasteiger charge is -2.35. The molecule has 0 saturated carbocycles. The van der Waals surface area contributed by atoms with E-state index in [0.717, 1.165) is 19.5 Å². The standard InChI is InChI=1S/C20H27N3O3S/c1-3-15-7-4-5-10-22(15)11-6-12-23-18(24)16-9-8-14(19(25)26-2)13-17(16)21-20(23)27/h8-9,13,15H,3-7,10-12H2,1-2H3,(H,21,27)/t15-/m1/s1. The van der Waals surface area contributed by atoms with Gasteiger partial charge in [-0.15, -0.1) is 0 Å². The van der Waals surface area contributed by atoms with Crippen LogP contribution in [0.4, 0.5) is 0 Å². The van der Waals surface area contributed by atoms with E-state index in [1.165, 1.54) is 32.8 Å². The molecule has 6 nitrogen and oxygen atoms in total. The second-order valence-corrected chi connectivity index (χ2v) is 7.47. The van der Waals surface area contributed by atoms with Crippen molar-refractivity contribution in [1.29, 1.82) is 0 Å². The molecule has 0 bridgehead atoms. The molecule has 2 heterocycles. The van der Waals surface area contributed by atoms with Gasteiger partial charge >= 0.3 is 5.97 Å². The van der Waals surface area contributed by atoms with Crippen LogP contribution in [0.2, 0.25) is 0 Å². The first-order valence-corrected chi connectivity index (χ1v) is 10.0. The molecule has 1 aromatic carbocycles. The predicted molar refractivity (Wildman–Crippen MR) is 109 cm³/mol. The van der Waals surface area contributed by atoms with Crippen LogP contribution in [0.25, 0.3) is 10.9 Å². The fourth-order valence-corrected chi connectivity index (χ4v) is 4.24. The first-order valence-electron chi connectivity index (χ1n) is 9.64. The van der Waals surface area contributed by atoms with Crippen molar-refractivity contribution in [3.05, 3.63) is 38.9 Å². The third kappa shape index (κ3) is 4.30. The summed E-state index contributed by atoms with van der Waals surface area (Å²) in [6.07, 6.45) is 5.92. The lowest BCUT2D eigenvalue weighted by molar-refractivity contribution is 0.0601. The summed E-state index contributed by atoms with van der Waals surface area (Å²) in [5.41, 5.74) is 0.839. The van der Waals surface area contributed by atoms with Crippen molar-refractivity contribution in [3.63, 3.8) is 0 Å². The number of carbonyl (C=O) groups excluding carboxylic acids is 1. The highest BCUT2D eigenvalue weighted by Gasteiger charge is 2.20. The minimum absolute atomic E-state index is 0.115. The van der Waals surface area contributed by atoms with Crippen LogP contribution in [0.3, 0.4) is 0 Å². The number of aromatic nitrogens is 2. The number of benzene rings is 1. The molecule has 7 heteroatoms. The molecule has 1 saturated heterocycles. The van der Waals surface area contributed by atoms with Crippen molar-refractivity contribution >= 4 is 29.1 Å². The average Bonchev–Trinajstić information content (AvgIpc) is 2.69. The number of carbonyl (C=O) groups is 1. The molecule has 0 unspecified atom stereocenters. The summed E-state index contributed by atoms with van der Waals surface area (Å²) < 4.78 is 6.75. The van der Waals surface area contributed by atoms with E-state index in [1.807, 2.05) is 0 Å². The molecule has 1 aliphatic heterocycles. The third-order valence-corrected chi connectivity index (χ3v) is 5.77. The fraction of sp³-hybridized carbons (Fsp3) is 0.550. The maximum absolute atomic E-state index is 12.8. The minimum atomic E-state index is -0.438. The molecule has 0 radical (unpaired) electrons. The number of likely N-dealkylation sites (tertiary alicyclic amines) is 1. The van der Waals surface area contributed by atoms with Gasteiger partial charge in [-0.2, -0.15) is 0 Å². The molecular weight excluding hydrogens is 362 g/mol. The summed E-state index contributed by atoms with van der Waals surface area (Å²) in [5.74, 6) is -0.438. The van der Waals surface area contributed by atoms with Crippen LogP contribution in [0, 0.1) is 4.77 Å². The van der Waals surface area contributed by atoms with Crippen LogP contribution in [0.5, 0.6) is 0 Å². The van der Waals surface area contributed by atoms with Crippen LogP contribution in [-0.2, 0) is 11.3 Å². The molecule has 0 aliphatic carbocycles. The highest BCUT2D eigenvalue weighted by atomic mass is 32.1. The molecule has 1 N–H and O–H groups in total. The van der Waals surface area contributed by atoms with E-state index in [-0.39, 0.29) is 5.56 Å². The Labute approximate surface area is 164 Å². The van der Waals surface area contributed by atoms with Crippen molar-refractivity contribution in [3.8, 4) is 0 Å². The zero-order chi connectivity index (χ0) is 19.4.